The third-order valence-corrected chi connectivity index (χ3v) is 4.32. The van der Waals surface area contributed by atoms with Crippen molar-refractivity contribution >= 4 is 35.6 Å². The van der Waals surface area contributed by atoms with E-state index in [1.807, 2.05) is 26.2 Å². The minimum absolute atomic E-state index is 0. The average molecular weight is 466 g/mol. The Kier molecular flexibility index (Phi) is 7.56. The number of para-hydroxylation sites is 1. The number of hydrogen-bond acceptors (Lipinski definition) is 3. The van der Waals surface area contributed by atoms with Crippen LogP contribution in [0.2, 0.25) is 0 Å². The smallest absolute Gasteiger partial charge is 0.191 e. The van der Waals surface area contributed by atoms with Crippen molar-refractivity contribution in [2.75, 3.05) is 32.6 Å². The molecule has 0 aromatic heterocycles. The molecule has 1 atom stereocenters. The lowest BCUT2D eigenvalue weighted by Gasteiger charge is -2.17. The Labute approximate surface area is 172 Å². The molecule has 26 heavy (non-hydrogen) atoms. The Bertz CT molecular complexity index is 723. The van der Waals surface area contributed by atoms with Crippen molar-refractivity contribution < 1.29 is 4.74 Å². The third kappa shape index (κ3) is 5.27. The van der Waals surface area contributed by atoms with Crippen molar-refractivity contribution in [1.29, 1.82) is 0 Å². The summed E-state index contributed by atoms with van der Waals surface area (Å²) in [4.78, 5) is 6.40. The predicted octanol–water partition coefficient (Wildman–Crippen LogP) is 3.04. The fourth-order valence-electron chi connectivity index (χ4n) is 2.93. The number of nitrogens with zero attached hydrogens (tertiary/aromatic N) is 2. The zero-order valence-electron chi connectivity index (χ0n) is 15.5. The first-order chi connectivity index (χ1) is 12.2. The van der Waals surface area contributed by atoms with Gasteiger partial charge in [0.2, 0.25) is 0 Å². The standard InChI is InChI=1S/C20H26N4O.HI/c1-21-20(22-13-15-7-6-9-17(11-15)24(2)3)23-14-18-12-16-8-4-5-10-19(16)25-18;/h4-11,18H,12-14H2,1-3H3,(H2,21,22,23);1H. The molecule has 2 aromatic carbocycles. The van der Waals surface area contributed by atoms with Crippen LogP contribution in [-0.4, -0.2) is 39.8 Å². The molecule has 0 radical (unpaired) electrons. The molecule has 2 aromatic rings. The molecule has 2 N–H and O–H groups in total. The number of fused-ring (bicyclic) bond motifs is 1. The molecule has 0 fully saturated rings. The van der Waals surface area contributed by atoms with E-state index in [0.29, 0.717) is 0 Å². The highest BCUT2D eigenvalue weighted by Gasteiger charge is 2.22. The van der Waals surface area contributed by atoms with Gasteiger partial charge in [-0.15, -0.1) is 24.0 Å². The van der Waals surface area contributed by atoms with Gasteiger partial charge in [-0.1, -0.05) is 30.3 Å². The van der Waals surface area contributed by atoms with E-state index < -0.39 is 0 Å². The first-order valence-electron chi connectivity index (χ1n) is 8.61. The van der Waals surface area contributed by atoms with Gasteiger partial charge < -0.3 is 20.3 Å². The maximum Gasteiger partial charge on any atom is 0.191 e. The van der Waals surface area contributed by atoms with E-state index >= 15 is 0 Å². The van der Waals surface area contributed by atoms with Crippen molar-refractivity contribution in [3.05, 3.63) is 59.7 Å². The van der Waals surface area contributed by atoms with Crippen LogP contribution in [0.15, 0.2) is 53.5 Å². The zero-order valence-corrected chi connectivity index (χ0v) is 17.9. The van der Waals surface area contributed by atoms with E-state index in [-0.39, 0.29) is 30.1 Å². The fraction of sp³-hybridized carbons (Fsp3) is 0.350. The first kappa shape index (κ1) is 20.4. The molecule has 3 rings (SSSR count). The number of halogens is 1. The van der Waals surface area contributed by atoms with Gasteiger partial charge in [0.05, 0.1) is 6.54 Å². The van der Waals surface area contributed by atoms with Crippen molar-refractivity contribution in [2.24, 2.45) is 4.99 Å². The summed E-state index contributed by atoms with van der Waals surface area (Å²) in [6.45, 7) is 1.46. The highest BCUT2D eigenvalue weighted by molar-refractivity contribution is 14.0. The summed E-state index contributed by atoms with van der Waals surface area (Å²) in [5.74, 6) is 1.78. The Hall–Kier alpha value is -1.96. The predicted molar refractivity (Wildman–Crippen MR) is 119 cm³/mol. The van der Waals surface area contributed by atoms with Crippen LogP contribution in [0.4, 0.5) is 5.69 Å². The second-order valence-corrected chi connectivity index (χ2v) is 6.42. The number of hydrogen-bond donors (Lipinski definition) is 2. The van der Waals surface area contributed by atoms with Gasteiger partial charge in [0.15, 0.2) is 5.96 Å². The summed E-state index contributed by atoms with van der Waals surface area (Å²) < 4.78 is 5.96. The van der Waals surface area contributed by atoms with E-state index in [1.54, 1.807) is 7.05 Å². The molecule has 0 amide bonds. The SMILES string of the molecule is CN=C(NCc1cccc(N(C)C)c1)NCC1Cc2ccccc2O1.I. The summed E-state index contributed by atoms with van der Waals surface area (Å²) in [5.41, 5.74) is 3.69. The van der Waals surface area contributed by atoms with Crippen LogP contribution in [0, 0.1) is 0 Å². The molecule has 5 nitrogen and oxygen atoms in total. The molecule has 0 bridgehead atoms. The fourth-order valence-corrected chi connectivity index (χ4v) is 2.93. The van der Waals surface area contributed by atoms with Crippen LogP contribution in [0.25, 0.3) is 0 Å². The Morgan fingerprint density at radius 1 is 1.15 bits per heavy atom. The number of rotatable bonds is 5. The van der Waals surface area contributed by atoms with Gasteiger partial charge in [-0.2, -0.15) is 0 Å². The summed E-state index contributed by atoms with van der Waals surface area (Å²) in [6, 6.07) is 16.7. The van der Waals surface area contributed by atoms with E-state index in [9.17, 15) is 0 Å². The average Bonchev–Trinajstić information content (AvgIpc) is 3.05. The Balaban J connectivity index is 0.00000243. The molecular formula is C20H27IN4O. The Morgan fingerprint density at radius 3 is 2.69 bits per heavy atom. The molecule has 0 saturated heterocycles. The van der Waals surface area contributed by atoms with Crippen molar-refractivity contribution in [1.82, 2.24) is 10.6 Å². The van der Waals surface area contributed by atoms with Gasteiger partial charge in [0.25, 0.3) is 0 Å². The second-order valence-electron chi connectivity index (χ2n) is 6.42. The molecule has 0 spiro atoms. The largest absolute Gasteiger partial charge is 0.488 e. The zero-order chi connectivity index (χ0) is 17.6. The molecule has 0 aliphatic carbocycles. The quantitative estimate of drug-likeness (QED) is 0.404. The summed E-state index contributed by atoms with van der Waals surface area (Å²) in [5, 5.41) is 6.72. The van der Waals surface area contributed by atoms with Crippen LogP contribution in [-0.2, 0) is 13.0 Å². The number of benzene rings is 2. The van der Waals surface area contributed by atoms with Gasteiger partial charge in [-0.25, -0.2) is 0 Å². The van der Waals surface area contributed by atoms with Gasteiger partial charge in [-0.05, 0) is 29.3 Å². The van der Waals surface area contributed by atoms with E-state index in [4.69, 9.17) is 4.74 Å². The molecule has 1 aliphatic heterocycles. The molecule has 1 heterocycles. The topological polar surface area (TPSA) is 48.9 Å². The highest BCUT2D eigenvalue weighted by atomic mass is 127. The lowest BCUT2D eigenvalue weighted by molar-refractivity contribution is 0.235. The number of anilines is 1. The lowest BCUT2D eigenvalue weighted by Crippen LogP contribution is -2.41. The monoisotopic (exact) mass is 466 g/mol. The summed E-state index contributed by atoms with van der Waals surface area (Å²) >= 11 is 0. The van der Waals surface area contributed by atoms with Crippen LogP contribution in [0.5, 0.6) is 5.75 Å². The van der Waals surface area contributed by atoms with Crippen LogP contribution in [0.3, 0.4) is 0 Å². The number of ether oxygens (including phenoxy) is 1. The normalized spacial score (nSPS) is 15.5. The van der Waals surface area contributed by atoms with Crippen molar-refractivity contribution in [3.8, 4) is 5.75 Å². The number of aliphatic imine (C=N–C) groups is 1. The molecule has 6 heteroatoms. The van der Waals surface area contributed by atoms with Crippen LogP contribution >= 0.6 is 24.0 Å². The van der Waals surface area contributed by atoms with Gasteiger partial charge in [0, 0.05) is 39.8 Å². The molecule has 0 saturated carbocycles. The maximum absolute atomic E-state index is 5.96. The number of nitrogens with one attached hydrogen (secondary N) is 2. The molecular weight excluding hydrogens is 439 g/mol. The number of guanidine groups is 1. The third-order valence-electron chi connectivity index (χ3n) is 4.32. The highest BCUT2D eigenvalue weighted by Crippen LogP contribution is 2.27. The van der Waals surface area contributed by atoms with Crippen LogP contribution < -0.4 is 20.3 Å². The molecule has 140 valence electrons. The van der Waals surface area contributed by atoms with E-state index in [1.165, 1.54) is 16.8 Å². The first-order valence-corrected chi connectivity index (χ1v) is 8.61. The Morgan fingerprint density at radius 2 is 1.96 bits per heavy atom. The van der Waals surface area contributed by atoms with Gasteiger partial charge >= 0.3 is 0 Å². The summed E-state index contributed by atoms with van der Waals surface area (Å²) in [6.07, 6.45) is 1.08. The molecule has 1 unspecified atom stereocenters. The molecule has 1 aliphatic rings. The maximum atomic E-state index is 5.96. The minimum Gasteiger partial charge on any atom is -0.488 e. The second kappa shape index (κ2) is 9.66. The van der Waals surface area contributed by atoms with Crippen LogP contribution in [0.1, 0.15) is 11.1 Å². The van der Waals surface area contributed by atoms with Gasteiger partial charge in [0.1, 0.15) is 11.9 Å². The van der Waals surface area contributed by atoms with Crippen molar-refractivity contribution in [2.45, 2.75) is 19.1 Å². The lowest BCUT2D eigenvalue weighted by atomic mass is 10.1. The van der Waals surface area contributed by atoms with E-state index in [0.717, 1.165) is 31.2 Å². The van der Waals surface area contributed by atoms with Crippen molar-refractivity contribution in [3.63, 3.8) is 0 Å². The minimum atomic E-state index is 0. The summed E-state index contributed by atoms with van der Waals surface area (Å²) in [7, 11) is 5.88. The van der Waals surface area contributed by atoms with Gasteiger partial charge in [-0.3, -0.25) is 4.99 Å². The van der Waals surface area contributed by atoms with E-state index in [2.05, 4.69) is 56.9 Å².